The minimum Gasteiger partial charge on any atom is -0.360 e. The van der Waals surface area contributed by atoms with E-state index in [0.29, 0.717) is 19.8 Å². The third-order valence-corrected chi connectivity index (χ3v) is 7.13. The van der Waals surface area contributed by atoms with Crippen LogP contribution < -0.4 is 4.90 Å². The molecule has 1 aliphatic rings. The summed E-state index contributed by atoms with van der Waals surface area (Å²) in [7, 11) is -1.12. The van der Waals surface area contributed by atoms with E-state index in [-0.39, 0.29) is 5.91 Å². The van der Waals surface area contributed by atoms with Gasteiger partial charge >= 0.3 is 0 Å². The highest BCUT2D eigenvalue weighted by Crippen LogP contribution is 2.27. The first kappa shape index (κ1) is 20.5. The summed E-state index contributed by atoms with van der Waals surface area (Å²) in [5.41, 5.74) is 1.76. The molecule has 0 spiro atoms. The number of nitrogens with zero attached hydrogens (tertiary/aromatic N) is 6. The lowest BCUT2D eigenvalue weighted by molar-refractivity contribution is -0.129. The van der Waals surface area contributed by atoms with Crippen LogP contribution in [0.5, 0.6) is 0 Å². The summed E-state index contributed by atoms with van der Waals surface area (Å²) >= 11 is 2.21. The summed E-state index contributed by atoms with van der Waals surface area (Å²) in [5, 5.41) is 4.62. The molecule has 8 nitrogen and oxygen atoms in total. The molecule has 1 amide bonds. The summed E-state index contributed by atoms with van der Waals surface area (Å²) in [4.78, 5) is 24.6. The van der Waals surface area contributed by atoms with Crippen molar-refractivity contribution in [2.75, 3.05) is 37.7 Å². The third-order valence-electron chi connectivity index (χ3n) is 4.70. The van der Waals surface area contributed by atoms with Gasteiger partial charge in [-0.1, -0.05) is 19.6 Å². The Bertz CT molecular complexity index is 814. The molecule has 2 aromatic rings. The van der Waals surface area contributed by atoms with Gasteiger partial charge in [0.05, 0.1) is 0 Å². The van der Waals surface area contributed by atoms with Crippen molar-refractivity contribution in [1.29, 1.82) is 0 Å². The van der Waals surface area contributed by atoms with Gasteiger partial charge in [-0.15, -0.1) is 0 Å². The van der Waals surface area contributed by atoms with Crippen molar-refractivity contribution in [3.8, 4) is 0 Å². The predicted octanol–water partition coefficient (Wildman–Crippen LogP) is 2.41. The number of carbonyl (C=O) groups is 1. The van der Waals surface area contributed by atoms with Crippen molar-refractivity contribution in [3.63, 3.8) is 0 Å². The highest BCUT2D eigenvalue weighted by Gasteiger charge is 2.24. The van der Waals surface area contributed by atoms with E-state index in [1.165, 1.54) is 0 Å². The highest BCUT2D eigenvalue weighted by molar-refractivity contribution is 14.1. The number of fused-ring (bicyclic) bond motifs is 1. The number of aromatic nitrogens is 4. The Kier molecular flexibility index (Phi) is 6.36. The first-order valence-electron chi connectivity index (χ1n) is 9.21. The number of hydrogen-bond donors (Lipinski definition) is 0. The van der Waals surface area contributed by atoms with Crippen molar-refractivity contribution in [3.05, 3.63) is 10.0 Å². The highest BCUT2D eigenvalue weighted by atomic mass is 127. The molecule has 0 bridgehead atoms. The third kappa shape index (κ3) is 4.96. The van der Waals surface area contributed by atoms with E-state index in [4.69, 9.17) is 4.74 Å². The minimum absolute atomic E-state index is 0.123. The molecule has 0 saturated carbocycles. The molecule has 0 N–H and O–H groups in total. The van der Waals surface area contributed by atoms with Gasteiger partial charge in [-0.05, 0) is 28.6 Å². The molecule has 3 heterocycles. The topological polar surface area (TPSA) is 76.4 Å². The maximum absolute atomic E-state index is 11.6. The van der Waals surface area contributed by atoms with Gasteiger partial charge in [-0.3, -0.25) is 4.79 Å². The Balaban J connectivity index is 1.79. The maximum Gasteiger partial charge on any atom is 0.219 e. The zero-order valence-corrected chi connectivity index (χ0v) is 19.6. The van der Waals surface area contributed by atoms with Gasteiger partial charge in [0.25, 0.3) is 0 Å². The second kappa shape index (κ2) is 8.39. The molecule has 10 heteroatoms. The second-order valence-electron chi connectivity index (χ2n) is 8.03. The van der Waals surface area contributed by atoms with Gasteiger partial charge in [-0.2, -0.15) is 5.10 Å². The molecule has 1 fully saturated rings. The summed E-state index contributed by atoms with van der Waals surface area (Å²) in [5.74, 6) is 0.991. The van der Waals surface area contributed by atoms with Crippen molar-refractivity contribution in [2.24, 2.45) is 0 Å². The molecule has 0 aliphatic carbocycles. The van der Waals surface area contributed by atoms with Crippen LogP contribution >= 0.6 is 22.6 Å². The molecular weight excluding hydrogens is 475 g/mol. The predicted molar refractivity (Wildman–Crippen MR) is 117 cm³/mol. The molecule has 1 saturated heterocycles. The Labute approximate surface area is 174 Å². The summed E-state index contributed by atoms with van der Waals surface area (Å²) in [6.45, 7) is 12.7. The number of carbonyl (C=O) groups excluding carboxylic acids is 1. The number of piperazine rings is 1. The van der Waals surface area contributed by atoms with Gasteiger partial charge in [0.1, 0.15) is 27.8 Å². The average Bonchev–Trinajstić information content (AvgIpc) is 2.94. The van der Waals surface area contributed by atoms with Crippen molar-refractivity contribution in [2.45, 2.75) is 39.3 Å². The number of halogens is 1. The zero-order valence-electron chi connectivity index (χ0n) is 16.4. The van der Waals surface area contributed by atoms with E-state index in [1.807, 2.05) is 9.58 Å². The van der Waals surface area contributed by atoms with Gasteiger partial charge in [0, 0.05) is 47.8 Å². The molecule has 1 aliphatic heterocycles. The minimum atomic E-state index is -1.12. The van der Waals surface area contributed by atoms with Gasteiger partial charge < -0.3 is 14.5 Å². The molecule has 0 aromatic carbocycles. The second-order valence-corrected chi connectivity index (χ2v) is 14.7. The van der Waals surface area contributed by atoms with Gasteiger partial charge in [0.2, 0.25) is 5.91 Å². The van der Waals surface area contributed by atoms with Crippen LogP contribution in [0.15, 0.2) is 6.33 Å². The number of amides is 1. The van der Waals surface area contributed by atoms with Crippen LogP contribution in [-0.4, -0.2) is 71.4 Å². The summed E-state index contributed by atoms with van der Waals surface area (Å²) < 4.78 is 8.63. The maximum atomic E-state index is 11.6. The molecule has 0 unspecified atom stereocenters. The van der Waals surface area contributed by atoms with Crippen LogP contribution in [0.3, 0.4) is 0 Å². The smallest absolute Gasteiger partial charge is 0.219 e. The van der Waals surface area contributed by atoms with Crippen molar-refractivity contribution < 1.29 is 9.53 Å². The van der Waals surface area contributed by atoms with Crippen LogP contribution in [0.25, 0.3) is 11.0 Å². The van der Waals surface area contributed by atoms with E-state index < -0.39 is 8.07 Å². The lowest BCUT2D eigenvalue weighted by atomic mass is 10.3. The number of hydrogen-bond acceptors (Lipinski definition) is 6. The fourth-order valence-corrected chi connectivity index (χ4v) is 4.46. The molecule has 0 atom stereocenters. The Morgan fingerprint density at radius 2 is 1.93 bits per heavy atom. The van der Waals surface area contributed by atoms with Gasteiger partial charge in [-0.25, -0.2) is 14.6 Å². The standard InChI is InChI=1S/C17H27IN6O2Si/c1-13(25)22-5-7-23(8-6-22)17-15-14(19-11-20-17)16(18)21-24(15)12-26-9-10-27(2,3)4/h11H,5-10,12H2,1-4H3. The SMILES string of the molecule is CC(=O)N1CCN(c2ncnc3c(I)nn(COCC[Si](C)(C)C)c23)CC1. The fraction of sp³-hybridized carbons (Fsp3) is 0.647. The number of rotatable bonds is 6. The molecular formula is C17H27IN6O2Si. The van der Waals surface area contributed by atoms with E-state index in [0.717, 1.165) is 46.3 Å². The zero-order chi connectivity index (χ0) is 19.6. The number of anilines is 1. The van der Waals surface area contributed by atoms with Crippen molar-refractivity contribution in [1.82, 2.24) is 24.6 Å². The lowest BCUT2D eigenvalue weighted by Gasteiger charge is -2.35. The molecule has 0 radical (unpaired) electrons. The molecule has 2 aromatic heterocycles. The molecule has 148 valence electrons. The largest absolute Gasteiger partial charge is 0.360 e. The lowest BCUT2D eigenvalue weighted by Crippen LogP contribution is -2.48. The van der Waals surface area contributed by atoms with Crippen LogP contribution in [0.1, 0.15) is 6.92 Å². The van der Waals surface area contributed by atoms with E-state index >= 15 is 0 Å². The first-order valence-corrected chi connectivity index (χ1v) is 14.0. The quantitative estimate of drug-likeness (QED) is 0.343. The Hall–Kier alpha value is -1.27. The summed E-state index contributed by atoms with van der Waals surface area (Å²) in [6.07, 6.45) is 1.59. The first-order chi connectivity index (χ1) is 12.8. The van der Waals surface area contributed by atoms with Crippen molar-refractivity contribution >= 4 is 53.4 Å². The van der Waals surface area contributed by atoms with E-state index in [9.17, 15) is 4.79 Å². The van der Waals surface area contributed by atoms with Crippen LogP contribution in [0.4, 0.5) is 5.82 Å². The van der Waals surface area contributed by atoms with E-state index in [1.54, 1.807) is 13.3 Å². The fourth-order valence-electron chi connectivity index (χ4n) is 3.05. The normalized spacial score (nSPS) is 15.6. The summed E-state index contributed by atoms with van der Waals surface area (Å²) in [6, 6.07) is 1.12. The monoisotopic (exact) mass is 502 g/mol. The van der Waals surface area contributed by atoms with Crippen LogP contribution in [0.2, 0.25) is 25.7 Å². The van der Waals surface area contributed by atoms with Crippen LogP contribution in [-0.2, 0) is 16.3 Å². The van der Waals surface area contributed by atoms with Crippen LogP contribution in [0, 0.1) is 3.70 Å². The van der Waals surface area contributed by atoms with Gasteiger partial charge in [0.15, 0.2) is 5.82 Å². The molecule has 27 heavy (non-hydrogen) atoms. The van der Waals surface area contributed by atoms with E-state index in [2.05, 4.69) is 62.2 Å². The Morgan fingerprint density at radius 1 is 1.22 bits per heavy atom. The number of ether oxygens (including phenoxy) is 1. The average molecular weight is 502 g/mol. The molecule has 3 rings (SSSR count). The Morgan fingerprint density at radius 3 is 2.56 bits per heavy atom.